The molecular weight excluding hydrogens is 326 g/mol. The first-order chi connectivity index (χ1) is 11.5. The van der Waals surface area contributed by atoms with Gasteiger partial charge >= 0.3 is 0 Å². The Kier molecular flexibility index (Phi) is 4.26. The van der Waals surface area contributed by atoms with Crippen LogP contribution < -0.4 is 4.80 Å². The van der Waals surface area contributed by atoms with Crippen molar-refractivity contribution in [3.63, 3.8) is 0 Å². The Morgan fingerprint density at radius 3 is 2.75 bits per heavy atom. The minimum Gasteiger partial charge on any atom is -0.316 e. The molecule has 0 aliphatic rings. The van der Waals surface area contributed by atoms with Crippen LogP contribution in [0.4, 0.5) is 5.69 Å². The molecule has 0 saturated carbocycles. The fraction of sp³-hybridized carbons (Fsp3) is 0.176. The van der Waals surface area contributed by atoms with Crippen LogP contribution in [0.3, 0.4) is 0 Å². The highest BCUT2D eigenvalue weighted by Gasteiger charge is 2.12. The van der Waals surface area contributed by atoms with Crippen molar-refractivity contribution in [1.29, 1.82) is 0 Å². The van der Waals surface area contributed by atoms with E-state index in [0.29, 0.717) is 22.4 Å². The quantitative estimate of drug-likeness (QED) is 0.538. The second-order valence-corrected chi connectivity index (χ2v) is 6.33. The van der Waals surface area contributed by atoms with E-state index in [1.807, 2.05) is 30.5 Å². The molecule has 1 heterocycles. The summed E-state index contributed by atoms with van der Waals surface area (Å²) in [5, 5.41) is 11.0. The minimum atomic E-state index is -0.425. The maximum absolute atomic E-state index is 12.4. The van der Waals surface area contributed by atoms with Crippen molar-refractivity contribution < 1.29 is 9.72 Å². The van der Waals surface area contributed by atoms with Crippen molar-refractivity contribution in [2.24, 2.45) is 4.99 Å². The second-order valence-electron chi connectivity index (χ2n) is 5.32. The van der Waals surface area contributed by atoms with Crippen LogP contribution >= 0.6 is 11.3 Å². The summed E-state index contributed by atoms with van der Waals surface area (Å²) in [6.07, 6.45) is 0. The largest absolute Gasteiger partial charge is 0.316 e. The Labute approximate surface area is 141 Å². The lowest BCUT2D eigenvalue weighted by molar-refractivity contribution is -0.384. The fourth-order valence-corrected chi connectivity index (χ4v) is 3.56. The number of thiazole rings is 1. The van der Waals surface area contributed by atoms with Crippen LogP contribution in [-0.2, 0) is 6.54 Å². The van der Waals surface area contributed by atoms with Crippen molar-refractivity contribution in [3.05, 3.63) is 68.5 Å². The Balaban J connectivity index is 2.15. The molecule has 1 aromatic heterocycles. The van der Waals surface area contributed by atoms with Gasteiger partial charge in [-0.25, -0.2) is 0 Å². The van der Waals surface area contributed by atoms with E-state index in [2.05, 4.69) is 4.99 Å². The molecule has 0 aliphatic heterocycles. The molecule has 3 aromatic rings. The van der Waals surface area contributed by atoms with Gasteiger partial charge in [0.05, 0.1) is 15.1 Å². The molecular formula is C17H15N3O3S. The lowest BCUT2D eigenvalue weighted by Crippen LogP contribution is -2.16. The number of carbonyl (C=O) groups is 1. The number of non-ortho nitro benzene ring substituents is 1. The maximum Gasteiger partial charge on any atom is 0.279 e. The molecule has 0 saturated heterocycles. The van der Waals surface area contributed by atoms with Gasteiger partial charge in [-0.15, -0.1) is 0 Å². The van der Waals surface area contributed by atoms with Crippen molar-refractivity contribution in [2.45, 2.75) is 20.4 Å². The lowest BCUT2D eigenvalue weighted by atomic mass is 10.1. The predicted octanol–water partition coefficient (Wildman–Crippen LogP) is 3.68. The molecule has 0 fully saturated rings. The topological polar surface area (TPSA) is 77.5 Å². The fourth-order valence-electron chi connectivity index (χ4n) is 2.49. The standard InChI is InChI=1S/C17H15N3O3S/c1-3-19-14-10-13(20(22)23)7-8-15(14)24-17(19)18-16(21)12-6-4-5-11(2)9-12/h4-10H,3H2,1-2H3. The number of fused-ring (bicyclic) bond motifs is 1. The van der Waals surface area contributed by atoms with Gasteiger partial charge in [0.25, 0.3) is 11.6 Å². The number of nitro benzene ring substituents is 1. The number of hydrogen-bond donors (Lipinski definition) is 0. The molecule has 0 radical (unpaired) electrons. The molecule has 6 nitrogen and oxygen atoms in total. The molecule has 122 valence electrons. The zero-order valence-corrected chi connectivity index (χ0v) is 14.0. The Morgan fingerprint density at radius 1 is 1.29 bits per heavy atom. The van der Waals surface area contributed by atoms with Gasteiger partial charge in [-0.1, -0.05) is 29.0 Å². The SMILES string of the molecule is CCn1c(=NC(=O)c2cccc(C)c2)sc2ccc([N+](=O)[O-])cc21. The number of carbonyl (C=O) groups excluding carboxylic acids is 1. The van der Waals surface area contributed by atoms with Gasteiger partial charge < -0.3 is 4.57 Å². The van der Waals surface area contributed by atoms with E-state index >= 15 is 0 Å². The van der Waals surface area contributed by atoms with Crippen LogP contribution in [-0.4, -0.2) is 15.4 Å². The van der Waals surface area contributed by atoms with Crippen LogP contribution in [0.25, 0.3) is 10.2 Å². The van der Waals surface area contributed by atoms with Gasteiger partial charge in [0.2, 0.25) is 0 Å². The summed E-state index contributed by atoms with van der Waals surface area (Å²) in [4.78, 5) is 27.7. The summed E-state index contributed by atoms with van der Waals surface area (Å²) in [5.74, 6) is -0.318. The average Bonchev–Trinajstić information content (AvgIpc) is 2.90. The van der Waals surface area contributed by atoms with Crippen molar-refractivity contribution in [2.75, 3.05) is 0 Å². The minimum absolute atomic E-state index is 0.0269. The van der Waals surface area contributed by atoms with E-state index in [0.717, 1.165) is 10.3 Å². The van der Waals surface area contributed by atoms with Crippen molar-refractivity contribution in [3.8, 4) is 0 Å². The third-order valence-electron chi connectivity index (χ3n) is 3.65. The number of amides is 1. The Bertz CT molecular complexity index is 1020. The van der Waals surface area contributed by atoms with Gasteiger partial charge in [-0.2, -0.15) is 4.99 Å². The molecule has 7 heteroatoms. The zero-order valence-electron chi connectivity index (χ0n) is 13.2. The van der Waals surface area contributed by atoms with Gasteiger partial charge in [0.1, 0.15) is 0 Å². The van der Waals surface area contributed by atoms with E-state index in [-0.39, 0.29) is 11.6 Å². The van der Waals surface area contributed by atoms with Crippen LogP contribution in [0, 0.1) is 17.0 Å². The molecule has 2 aromatic carbocycles. The lowest BCUT2D eigenvalue weighted by Gasteiger charge is -2.00. The van der Waals surface area contributed by atoms with Crippen LogP contribution in [0.5, 0.6) is 0 Å². The summed E-state index contributed by atoms with van der Waals surface area (Å²) in [7, 11) is 0. The molecule has 24 heavy (non-hydrogen) atoms. The Morgan fingerprint density at radius 2 is 2.08 bits per heavy atom. The number of aryl methyl sites for hydroxylation is 2. The normalized spacial score (nSPS) is 11.8. The molecule has 3 rings (SSSR count). The first kappa shape index (κ1) is 16.1. The maximum atomic E-state index is 12.4. The number of aromatic nitrogens is 1. The molecule has 0 atom stereocenters. The predicted molar refractivity (Wildman–Crippen MR) is 93.2 cm³/mol. The molecule has 0 bridgehead atoms. The summed E-state index contributed by atoms with van der Waals surface area (Å²) < 4.78 is 2.68. The van der Waals surface area contributed by atoms with Gasteiger partial charge in [-0.05, 0) is 32.0 Å². The van der Waals surface area contributed by atoms with Gasteiger partial charge in [-0.3, -0.25) is 14.9 Å². The van der Waals surface area contributed by atoms with Crippen LogP contribution in [0.2, 0.25) is 0 Å². The summed E-state index contributed by atoms with van der Waals surface area (Å²) in [6.45, 7) is 4.41. The van der Waals surface area contributed by atoms with Crippen LogP contribution in [0.1, 0.15) is 22.8 Å². The van der Waals surface area contributed by atoms with E-state index in [9.17, 15) is 14.9 Å². The van der Waals surface area contributed by atoms with Crippen molar-refractivity contribution in [1.82, 2.24) is 4.57 Å². The third-order valence-corrected chi connectivity index (χ3v) is 4.71. The monoisotopic (exact) mass is 341 g/mol. The summed E-state index contributed by atoms with van der Waals surface area (Å²) in [6, 6.07) is 11.9. The van der Waals surface area contributed by atoms with Crippen molar-refractivity contribution >= 4 is 33.1 Å². The van der Waals surface area contributed by atoms with Gasteiger partial charge in [0, 0.05) is 24.2 Å². The highest BCUT2D eigenvalue weighted by molar-refractivity contribution is 7.16. The number of rotatable bonds is 3. The Hall–Kier alpha value is -2.80. The molecule has 0 N–H and O–H groups in total. The highest BCUT2D eigenvalue weighted by Crippen LogP contribution is 2.23. The molecule has 0 aliphatic carbocycles. The molecule has 0 spiro atoms. The smallest absolute Gasteiger partial charge is 0.279 e. The first-order valence-electron chi connectivity index (χ1n) is 7.43. The number of benzene rings is 2. The third kappa shape index (κ3) is 2.98. The average molecular weight is 341 g/mol. The first-order valence-corrected chi connectivity index (χ1v) is 8.24. The number of nitro groups is 1. The zero-order chi connectivity index (χ0) is 17.3. The van der Waals surface area contributed by atoms with E-state index in [4.69, 9.17) is 0 Å². The summed E-state index contributed by atoms with van der Waals surface area (Å²) >= 11 is 1.35. The molecule has 0 unspecified atom stereocenters. The summed E-state index contributed by atoms with van der Waals surface area (Å²) in [5.41, 5.74) is 2.26. The van der Waals surface area contributed by atoms with E-state index in [1.165, 1.54) is 23.5 Å². The molecule has 1 amide bonds. The second kappa shape index (κ2) is 6.37. The van der Waals surface area contributed by atoms with Crippen LogP contribution in [0.15, 0.2) is 47.5 Å². The highest BCUT2D eigenvalue weighted by atomic mass is 32.1. The van der Waals surface area contributed by atoms with E-state index in [1.54, 1.807) is 18.2 Å². The number of nitrogens with zero attached hydrogens (tertiary/aromatic N) is 3. The number of hydrogen-bond acceptors (Lipinski definition) is 4. The van der Waals surface area contributed by atoms with E-state index < -0.39 is 4.92 Å². The van der Waals surface area contributed by atoms with Gasteiger partial charge in [0.15, 0.2) is 4.80 Å².